The van der Waals surface area contributed by atoms with Crippen LogP contribution in [0.25, 0.3) is 0 Å². The second-order valence-corrected chi connectivity index (χ2v) is 6.43. The van der Waals surface area contributed by atoms with Crippen molar-refractivity contribution in [1.82, 2.24) is 4.90 Å². The number of hydrogen-bond donors (Lipinski definition) is 0. The smallest absolute Gasteiger partial charge is 0.119 e. The number of nitrogens with zero attached hydrogens (tertiary/aromatic N) is 1. The molecule has 3 nitrogen and oxygen atoms in total. The highest BCUT2D eigenvalue weighted by molar-refractivity contribution is 5.27. The largest absolute Gasteiger partial charge is 0.494 e. The summed E-state index contributed by atoms with van der Waals surface area (Å²) >= 11 is 0. The van der Waals surface area contributed by atoms with E-state index in [4.69, 9.17) is 9.47 Å². The minimum absolute atomic E-state index is 0.726. The fourth-order valence-electron chi connectivity index (χ4n) is 2.44. The second-order valence-electron chi connectivity index (χ2n) is 6.43. The molecular weight excluding hydrogens is 286 g/mol. The lowest BCUT2D eigenvalue weighted by Crippen LogP contribution is -2.15. The molecule has 0 saturated carbocycles. The summed E-state index contributed by atoms with van der Waals surface area (Å²) in [5, 5.41) is 0. The standard InChI is InChI=1S/C20H35NO2/c1-4-5-6-7-10-19-11-13-20(14-12-19)23-18-9-17-22-16-8-15-21(2)3/h11-14H,4-10,15-18H2,1-3H3. The molecule has 0 aliphatic rings. The molecule has 0 fully saturated rings. The van der Waals surface area contributed by atoms with Crippen molar-refractivity contribution in [2.75, 3.05) is 40.5 Å². The number of ether oxygens (including phenoxy) is 2. The molecule has 0 radical (unpaired) electrons. The van der Waals surface area contributed by atoms with E-state index in [1.807, 2.05) is 0 Å². The molecule has 3 heteroatoms. The van der Waals surface area contributed by atoms with Crippen LogP contribution in [0.5, 0.6) is 5.75 Å². The van der Waals surface area contributed by atoms with Gasteiger partial charge >= 0.3 is 0 Å². The molecule has 23 heavy (non-hydrogen) atoms. The Labute approximate surface area is 143 Å². The van der Waals surface area contributed by atoms with Gasteiger partial charge in [-0.1, -0.05) is 38.3 Å². The van der Waals surface area contributed by atoms with Gasteiger partial charge < -0.3 is 14.4 Å². The van der Waals surface area contributed by atoms with E-state index >= 15 is 0 Å². The van der Waals surface area contributed by atoms with Crippen molar-refractivity contribution in [2.24, 2.45) is 0 Å². The topological polar surface area (TPSA) is 21.7 Å². The minimum atomic E-state index is 0.726. The van der Waals surface area contributed by atoms with E-state index in [1.54, 1.807) is 0 Å². The van der Waals surface area contributed by atoms with Crippen LogP contribution in [0.2, 0.25) is 0 Å². The first-order valence-corrected chi connectivity index (χ1v) is 9.16. The Morgan fingerprint density at radius 3 is 2.26 bits per heavy atom. The second kappa shape index (κ2) is 13.4. The van der Waals surface area contributed by atoms with E-state index in [0.29, 0.717) is 0 Å². The van der Waals surface area contributed by atoms with Crippen LogP contribution < -0.4 is 4.74 Å². The summed E-state index contributed by atoms with van der Waals surface area (Å²) in [7, 11) is 4.18. The van der Waals surface area contributed by atoms with E-state index in [2.05, 4.69) is 50.2 Å². The average Bonchev–Trinajstić information content (AvgIpc) is 2.55. The van der Waals surface area contributed by atoms with Crippen LogP contribution in [0, 0.1) is 0 Å². The predicted octanol–water partition coefficient (Wildman–Crippen LogP) is 4.55. The number of unbranched alkanes of at least 4 members (excludes halogenated alkanes) is 3. The summed E-state index contributed by atoms with van der Waals surface area (Å²) < 4.78 is 11.4. The van der Waals surface area contributed by atoms with E-state index < -0.39 is 0 Å². The molecule has 0 atom stereocenters. The quantitative estimate of drug-likeness (QED) is 0.469. The highest BCUT2D eigenvalue weighted by atomic mass is 16.5. The molecule has 0 heterocycles. The lowest BCUT2D eigenvalue weighted by atomic mass is 10.1. The third-order valence-electron chi connectivity index (χ3n) is 3.84. The molecule has 1 aromatic carbocycles. The molecule has 0 amide bonds. The number of hydrogen-bond acceptors (Lipinski definition) is 3. The molecule has 1 aromatic rings. The fourth-order valence-corrected chi connectivity index (χ4v) is 2.44. The van der Waals surface area contributed by atoms with Crippen LogP contribution in [0.1, 0.15) is 51.0 Å². The molecule has 1 rings (SSSR count). The zero-order valence-electron chi connectivity index (χ0n) is 15.4. The van der Waals surface area contributed by atoms with Gasteiger partial charge in [0.1, 0.15) is 5.75 Å². The van der Waals surface area contributed by atoms with Gasteiger partial charge in [0.15, 0.2) is 0 Å². The molecule has 0 bridgehead atoms. The summed E-state index contributed by atoms with van der Waals surface area (Å²) in [4.78, 5) is 2.18. The Hall–Kier alpha value is -1.06. The summed E-state index contributed by atoms with van der Waals surface area (Å²) in [5.74, 6) is 0.968. The Morgan fingerprint density at radius 2 is 1.57 bits per heavy atom. The SMILES string of the molecule is CCCCCCc1ccc(OCCCOCCCN(C)C)cc1. The number of aryl methyl sites for hydroxylation is 1. The summed E-state index contributed by atoms with van der Waals surface area (Å²) in [6.45, 7) is 5.68. The highest BCUT2D eigenvalue weighted by Gasteiger charge is 1.97. The highest BCUT2D eigenvalue weighted by Crippen LogP contribution is 2.14. The lowest BCUT2D eigenvalue weighted by molar-refractivity contribution is 0.112. The first kappa shape index (κ1) is 20.0. The fraction of sp³-hybridized carbons (Fsp3) is 0.700. The monoisotopic (exact) mass is 321 g/mol. The van der Waals surface area contributed by atoms with Crippen LogP contribution >= 0.6 is 0 Å². The maximum absolute atomic E-state index is 5.76. The zero-order valence-corrected chi connectivity index (χ0v) is 15.4. The maximum Gasteiger partial charge on any atom is 0.119 e. The Balaban J connectivity index is 2.02. The van der Waals surface area contributed by atoms with Crippen molar-refractivity contribution in [2.45, 2.75) is 51.9 Å². The molecule has 0 N–H and O–H groups in total. The summed E-state index contributed by atoms with van der Waals surface area (Å²) in [6.07, 6.45) is 8.49. The van der Waals surface area contributed by atoms with Gasteiger partial charge in [-0.3, -0.25) is 0 Å². The molecule has 0 saturated heterocycles. The zero-order chi connectivity index (χ0) is 16.8. The number of benzene rings is 1. The normalized spacial score (nSPS) is 11.1. The van der Waals surface area contributed by atoms with Crippen LogP contribution in [0.4, 0.5) is 0 Å². The molecule has 0 aromatic heterocycles. The predicted molar refractivity (Wildman–Crippen MR) is 98.4 cm³/mol. The van der Waals surface area contributed by atoms with Crippen LogP contribution in [-0.4, -0.2) is 45.4 Å². The van der Waals surface area contributed by atoms with E-state index in [-0.39, 0.29) is 0 Å². The molecule has 132 valence electrons. The van der Waals surface area contributed by atoms with E-state index in [9.17, 15) is 0 Å². The lowest BCUT2D eigenvalue weighted by Gasteiger charge is -2.10. The summed E-state index contributed by atoms with van der Waals surface area (Å²) in [6, 6.07) is 8.57. The first-order chi connectivity index (χ1) is 11.2. The molecule has 0 unspecified atom stereocenters. The van der Waals surface area contributed by atoms with E-state index in [0.717, 1.165) is 45.0 Å². The average molecular weight is 322 g/mol. The van der Waals surface area contributed by atoms with Gasteiger partial charge in [0.05, 0.1) is 6.61 Å². The van der Waals surface area contributed by atoms with Gasteiger partial charge in [0.25, 0.3) is 0 Å². The molecule has 0 spiro atoms. The van der Waals surface area contributed by atoms with Gasteiger partial charge in [-0.2, -0.15) is 0 Å². The van der Waals surface area contributed by atoms with Crippen molar-refractivity contribution in [3.8, 4) is 5.75 Å². The van der Waals surface area contributed by atoms with E-state index in [1.165, 1.54) is 37.7 Å². The van der Waals surface area contributed by atoms with Gasteiger partial charge in [0.2, 0.25) is 0 Å². The van der Waals surface area contributed by atoms with Crippen molar-refractivity contribution in [3.05, 3.63) is 29.8 Å². The number of rotatable bonds is 14. The van der Waals surface area contributed by atoms with Crippen molar-refractivity contribution in [3.63, 3.8) is 0 Å². The third-order valence-corrected chi connectivity index (χ3v) is 3.84. The van der Waals surface area contributed by atoms with Crippen molar-refractivity contribution >= 4 is 0 Å². The molecular formula is C20H35NO2. The van der Waals surface area contributed by atoms with Crippen LogP contribution in [0.15, 0.2) is 24.3 Å². The first-order valence-electron chi connectivity index (χ1n) is 9.16. The van der Waals surface area contributed by atoms with Gasteiger partial charge in [-0.05, 0) is 57.6 Å². The summed E-state index contributed by atoms with van der Waals surface area (Å²) in [5.41, 5.74) is 1.41. The van der Waals surface area contributed by atoms with Crippen molar-refractivity contribution in [1.29, 1.82) is 0 Å². The van der Waals surface area contributed by atoms with Crippen molar-refractivity contribution < 1.29 is 9.47 Å². The van der Waals surface area contributed by atoms with Gasteiger partial charge in [-0.15, -0.1) is 0 Å². The van der Waals surface area contributed by atoms with Gasteiger partial charge in [0, 0.05) is 19.6 Å². The Morgan fingerprint density at radius 1 is 0.826 bits per heavy atom. The Bertz CT molecular complexity index is 376. The minimum Gasteiger partial charge on any atom is -0.494 e. The molecule has 0 aliphatic heterocycles. The van der Waals surface area contributed by atoms with Gasteiger partial charge in [-0.25, -0.2) is 0 Å². The Kier molecular flexibility index (Phi) is 11.6. The van der Waals surface area contributed by atoms with Crippen LogP contribution in [-0.2, 0) is 11.2 Å². The third kappa shape index (κ3) is 11.2. The maximum atomic E-state index is 5.76. The molecule has 0 aliphatic carbocycles. The van der Waals surface area contributed by atoms with Crippen LogP contribution in [0.3, 0.4) is 0 Å².